The highest BCUT2D eigenvalue weighted by molar-refractivity contribution is 5.10. The molecule has 0 bridgehead atoms. The van der Waals surface area contributed by atoms with Crippen LogP contribution in [0, 0.1) is 0 Å². The molecule has 3 nitrogen and oxygen atoms in total. The molecule has 1 N–H and O–H groups in total. The Labute approximate surface area is 97.9 Å². The third kappa shape index (κ3) is 2.80. The zero-order chi connectivity index (χ0) is 11.4. The molecule has 0 amide bonds. The summed E-state index contributed by atoms with van der Waals surface area (Å²) in [7, 11) is 0. The number of aromatic nitrogens is 1. The van der Waals surface area contributed by atoms with Gasteiger partial charge in [0.25, 0.3) is 0 Å². The quantitative estimate of drug-likeness (QED) is 0.820. The Morgan fingerprint density at radius 3 is 2.81 bits per heavy atom. The molecule has 2 atom stereocenters. The summed E-state index contributed by atoms with van der Waals surface area (Å²) in [5.41, 5.74) is 1.36. The fourth-order valence-electron chi connectivity index (χ4n) is 2.35. The van der Waals surface area contributed by atoms with Gasteiger partial charge in [0.2, 0.25) is 0 Å². The first-order valence-corrected chi connectivity index (χ1v) is 6.12. The molecule has 3 heteroatoms. The predicted octanol–water partition coefficient (Wildman–Crippen LogP) is 1.65. The average molecular weight is 219 g/mol. The van der Waals surface area contributed by atoms with Gasteiger partial charge in [-0.3, -0.25) is 9.88 Å². The van der Waals surface area contributed by atoms with Gasteiger partial charge >= 0.3 is 0 Å². The second kappa shape index (κ2) is 5.41. The third-order valence-electron chi connectivity index (χ3n) is 3.43. The van der Waals surface area contributed by atoms with E-state index >= 15 is 0 Å². The van der Waals surface area contributed by atoms with Gasteiger partial charge in [-0.1, -0.05) is 0 Å². The van der Waals surface area contributed by atoms with Gasteiger partial charge in [-0.05, 0) is 44.5 Å². The van der Waals surface area contributed by atoms with E-state index in [1.807, 2.05) is 12.4 Å². The minimum absolute atomic E-state index is 0.602. The van der Waals surface area contributed by atoms with E-state index in [2.05, 4.69) is 41.2 Å². The molecule has 0 spiro atoms. The van der Waals surface area contributed by atoms with Crippen LogP contribution in [0.15, 0.2) is 24.5 Å². The van der Waals surface area contributed by atoms with Crippen LogP contribution in [0.3, 0.4) is 0 Å². The van der Waals surface area contributed by atoms with Crippen molar-refractivity contribution < 1.29 is 0 Å². The van der Waals surface area contributed by atoms with Crippen LogP contribution in [0.2, 0.25) is 0 Å². The van der Waals surface area contributed by atoms with Crippen molar-refractivity contribution in [1.82, 2.24) is 15.2 Å². The smallest absolute Gasteiger partial charge is 0.0271 e. The monoisotopic (exact) mass is 219 g/mol. The molecule has 0 radical (unpaired) electrons. The maximum absolute atomic E-state index is 4.06. The van der Waals surface area contributed by atoms with E-state index < -0.39 is 0 Å². The Bertz CT molecular complexity index is 300. The molecule has 0 saturated carbocycles. The third-order valence-corrected chi connectivity index (χ3v) is 3.43. The highest BCUT2D eigenvalue weighted by Crippen LogP contribution is 2.15. The van der Waals surface area contributed by atoms with Crippen molar-refractivity contribution >= 4 is 0 Å². The Morgan fingerprint density at radius 1 is 1.31 bits per heavy atom. The van der Waals surface area contributed by atoms with E-state index in [9.17, 15) is 0 Å². The molecule has 16 heavy (non-hydrogen) atoms. The summed E-state index contributed by atoms with van der Waals surface area (Å²) < 4.78 is 0. The number of nitrogens with zero attached hydrogens (tertiary/aromatic N) is 2. The lowest BCUT2D eigenvalue weighted by Gasteiger charge is -2.32. The zero-order valence-electron chi connectivity index (χ0n) is 10.2. The minimum atomic E-state index is 0.602. The van der Waals surface area contributed by atoms with Crippen molar-refractivity contribution in [2.24, 2.45) is 0 Å². The summed E-state index contributed by atoms with van der Waals surface area (Å²) in [5.74, 6) is 0. The standard InChI is InChI=1S/C13H21N3/c1-11-3-6-15-9-12(2)16(11)10-13-4-7-14-8-5-13/h4-5,7-8,11-12,15H,3,6,9-10H2,1-2H3. The number of hydrogen-bond donors (Lipinski definition) is 1. The largest absolute Gasteiger partial charge is 0.315 e. The number of nitrogens with one attached hydrogen (secondary N) is 1. The average Bonchev–Trinajstić information content (AvgIpc) is 2.46. The second-order valence-electron chi connectivity index (χ2n) is 4.72. The predicted molar refractivity (Wildman–Crippen MR) is 66.2 cm³/mol. The van der Waals surface area contributed by atoms with Crippen molar-refractivity contribution in [3.8, 4) is 0 Å². The number of rotatable bonds is 2. The summed E-state index contributed by atoms with van der Waals surface area (Å²) in [6.45, 7) is 7.89. The lowest BCUT2D eigenvalue weighted by atomic mass is 10.1. The molecule has 0 aromatic carbocycles. The fraction of sp³-hybridized carbons (Fsp3) is 0.615. The molecule has 2 rings (SSSR count). The maximum atomic E-state index is 4.06. The zero-order valence-corrected chi connectivity index (χ0v) is 10.2. The normalized spacial score (nSPS) is 27.6. The highest BCUT2D eigenvalue weighted by atomic mass is 15.2. The van der Waals surface area contributed by atoms with Crippen LogP contribution >= 0.6 is 0 Å². The first kappa shape index (κ1) is 11.6. The van der Waals surface area contributed by atoms with Crippen molar-refractivity contribution in [2.45, 2.75) is 38.9 Å². The van der Waals surface area contributed by atoms with Crippen LogP contribution in [0.1, 0.15) is 25.8 Å². The van der Waals surface area contributed by atoms with Gasteiger partial charge < -0.3 is 5.32 Å². The maximum Gasteiger partial charge on any atom is 0.0271 e. The van der Waals surface area contributed by atoms with Crippen molar-refractivity contribution in [1.29, 1.82) is 0 Å². The van der Waals surface area contributed by atoms with Crippen molar-refractivity contribution in [3.05, 3.63) is 30.1 Å². The molecule has 88 valence electrons. The second-order valence-corrected chi connectivity index (χ2v) is 4.72. The molecule has 1 aliphatic rings. The lowest BCUT2D eigenvalue weighted by molar-refractivity contribution is 0.154. The minimum Gasteiger partial charge on any atom is -0.315 e. The molecular weight excluding hydrogens is 198 g/mol. The first-order valence-electron chi connectivity index (χ1n) is 6.12. The Morgan fingerprint density at radius 2 is 2.06 bits per heavy atom. The molecule has 1 aromatic rings. The van der Waals surface area contributed by atoms with Gasteiger partial charge in [-0.15, -0.1) is 0 Å². The molecule has 0 aliphatic carbocycles. The van der Waals surface area contributed by atoms with Gasteiger partial charge in [0.1, 0.15) is 0 Å². The van der Waals surface area contributed by atoms with E-state index in [-0.39, 0.29) is 0 Å². The summed E-state index contributed by atoms with van der Waals surface area (Å²) in [6.07, 6.45) is 4.98. The Kier molecular flexibility index (Phi) is 3.91. The van der Waals surface area contributed by atoms with Crippen LogP contribution in [0.5, 0.6) is 0 Å². The molecule has 2 heterocycles. The molecular formula is C13H21N3. The van der Waals surface area contributed by atoms with Crippen LogP contribution in [0.4, 0.5) is 0 Å². The number of hydrogen-bond acceptors (Lipinski definition) is 3. The summed E-state index contributed by atoms with van der Waals surface area (Å²) >= 11 is 0. The van der Waals surface area contributed by atoms with Crippen LogP contribution < -0.4 is 5.32 Å². The van der Waals surface area contributed by atoms with Gasteiger partial charge in [-0.25, -0.2) is 0 Å². The van der Waals surface area contributed by atoms with Gasteiger partial charge in [-0.2, -0.15) is 0 Å². The van der Waals surface area contributed by atoms with E-state index in [0.29, 0.717) is 12.1 Å². The van der Waals surface area contributed by atoms with E-state index in [4.69, 9.17) is 0 Å². The van der Waals surface area contributed by atoms with E-state index in [0.717, 1.165) is 19.6 Å². The Hall–Kier alpha value is -0.930. The topological polar surface area (TPSA) is 28.2 Å². The van der Waals surface area contributed by atoms with Crippen molar-refractivity contribution in [3.63, 3.8) is 0 Å². The molecule has 2 unspecified atom stereocenters. The summed E-state index contributed by atoms with van der Waals surface area (Å²) in [4.78, 5) is 6.64. The highest BCUT2D eigenvalue weighted by Gasteiger charge is 2.22. The number of pyridine rings is 1. The first-order chi connectivity index (χ1) is 7.77. The molecule has 1 fully saturated rings. The van der Waals surface area contributed by atoms with E-state index in [1.54, 1.807) is 0 Å². The molecule has 1 aliphatic heterocycles. The van der Waals surface area contributed by atoms with Gasteiger partial charge in [0.15, 0.2) is 0 Å². The van der Waals surface area contributed by atoms with Crippen LogP contribution in [-0.4, -0.2) is 35.1 Å². The Balaban J connectivity index is 2.06. The van der Waals surface area contributed by atoms with Crippen molar-refractivity contribution in [2.75, 3.05) is 13.1 Å². The van der Waals surface area contributed by atoms with E-state index in [1.165, 1.54) is 12.0 Å². The van der Waals surface area contributed by atoms with Crippen LogP contribution in [0.25, 0.3) is 0 Å². The molecule has 1 saturated heterocycles. The SMILES string of the molecule is CC1CCNCC(C)N1Cc1ccncc1. The summed E-state index contributed by atoms with van der Waals surface area (Å²) in [6, 6.07) is 5.47. The molecule has 1 aromatic heterocycles. The van der Waals surface area contributed by atoms with Gasteiger partial charge in [0, 0.05) is 37.6 Å². The van der Waals surface area contributed by atoms with Crippen LogP contribution in [-0.2, 0) is 6.54 Å². The summed E-state index contributed by atoms with van der Waals surface area (Å²) in [5, 5.41) is 3.49. The van der Waals surface area contributed by atoms with Gasteiger partial charge in [0.05, 0.1) is 0 Å². The fourth-order valence-corrected chi connectivity index (χ4v) is 2.35. The lowest BCUT2D eigenvalue weighted by Crippen LogP contribution is -2.41.